The minimum atomic E-state index is -0.0553. The molecule has 1 saturated heterocycles. The quantitative estimate of drug-likeness (QED) is 0.834. The summed E-state index contributed by atoms with van der Waals surface area (Å²) in [5.41, 5.74) is 0.872. The number of nitrogens with zero attached hydrogens (tertiary/aromatic N) is 5. The van der Waals surface area contributed by atoms with Gasteiger partial charge in [0.25, 0.3) is 0 Å². The van der Waals surface area contributed by atoms with Crippen LogP contribution in [0, 0.1) is 0 Å². The maximum absolute atomic E-state index is 12.7. The average Bonchev–Trinajstić information content (AvgIpc) is 3.14. The summed E-state index contributed by atoms with van der Waals surface area (Å²) in [7, 11) is 1.86. The van der Waals surface area contributed by atoms with Gasteiger partial charge in [-0.05, 0) is 25.7 Å². The highest BCUT2D eigenvalue weighted by molar-refractivity contribution is 7.99. The summed E-state index contributed by atoms with van der Waals surface area (Å²) in [4.78, 5) is 18.9. The van der Waals surface area contributed by atoms with E-state index in [9.17, 15) is 4.79 Å². The monoisotopic (exact) mass is 333 g/mol. The zero-order chi connectivity index (χ0) is 15.8. The van der Waals surface area contributed by atoms with Gasteiger partial charge in [-0.1, -0.05) is 5.16 Å². The highest BCUT2D eigenvalue weighted by Crippen LogP contribution is 2.38. The van der Waals surface area contributed by atoms with E-state index >= 15 is 0 Å². The first-order valence-electron chi connectivity index (χ1n) is 7.95. The third-order valence-electron chi connectivity index (χ3n) is 4.23. The van der Waals surface area contributed by atoms with E-state index in [1.807, 2.05) is 18.1 Å². The lowest BCUT2D eigenvalue weighted by Gasteiger charge is -2.30. The van der Waals surface area contributed by atoms with Gasteiger partial charge in [-0.25, -0.2) is 0 Å². The van der Waals surface area contributed by atoms with Gasteiger partial charge in [-0.3, -0.25) is 9.48 Å². The maximum Gasteiger partial charge on any atom is 0.240 e. The van der Waals surface area contributed by atoms with E-state index in [-0.39, 0.29) is 11.2 Å². The molecule has 1 aliphatic carbocycles. The van der Waals surface area contributed by atoms with Crippen LogP contribution in [0.15, 0.2) is 16.9 Å². The summed E-state index contributed by atoms with van der Waals surface area (Å²) in [5, 5.41) is 8.12. The smallest absolute Gasteiger partial charge is 0.240 e. The van der Waals surface area contributed by atoms with Crippen LogP contribution in [0.2, 0.25) is 0 Å². The zero-order valence-corrected chi connectivity index (χ0v) is 13.8. The molecule has 2 aromatic heterocycles. The first kappa shape index (κ1) is 14.7. The number of amides is 1. The molecule has 8 heteroatoms. The lowest BCUT2D eigenvalue weighted by atomic mass is 10.1. The van der Waals surface area contributed by atoms with Crippen LogP contribution in [-0.4, -0.2) is 37.6 Å². The highest BCUT2D eigenvalue weighted by atomic mass is 32.2. The molecule has 1 amide bonds. The van der Waals surface area contributed by atoms with Crippen LogP contribution in [0.5, 0.6) is 0 Å². The number of thioether (sulfide) groups is 1. The topological polar surface area (TPSA) is 77.0 Å². The SMILES string of the molecule is Cn1cc(N2CCC[C@H](SCc3nc(C4CC4)no3)C2=O)cn1. The number of hydrogen-bond acceptors (Lipinski definition) is 6. The number of piperidine rings is 1. The van der Waals surface area contributed by atoms with Gasteiger partial charge < -0.3 is 9.42 Å². The number of anilines is 1. The van der Waals surface area contributed by atoms with Crippen molar-refractivity contribution in [1.29, 1.82) is 0 Å². The van der Waals surface area contributed by atoms with Crippen molar-refractivity contribution in [3.05, 3.63) is 24.1 Å². The van der Waals surface area contributed by atoms with Crippen molar-refractivity contribution in [1.82, 2.24) is 19.9 Å². The maximum atomic E-state index is 12.7. The summed E-state index contributed by atoms with van der Waals surface area (Å²) < 4.78 is 7.01. The fourth-order valence-electron chi connectivity index (χ4n) is 2.81. The lowest BCUT2D eigenvalue weighted by molar-refractivity contribution is -0.119. The number of aromatic nitrogens is 4. The van der Waals surface area contributed by atoms with Crippen molar-refractivity contribution >= 4 is 23.4 Å². The van der Waals surface area contributed by atoms with Gasteiger partial charge in [0, 0.05) is 25.7 Å². The Morgan fingerprint density at radius 3 is 3.00 bits per heavy atom. The molecule has 1 aliphatic heterocycles. The molecule has 4 rings (SSSR count). The second kappa shape index (κ2) is 5.99. The van der Waals surface area contributed by atoms with Crippen LogP contribution in [0.25, 0.3) is 0 Å². The minimum Gasteiger partial charge on any atom is -0.338 e. The average molecular weight is 333 g/mol. The third-order valence-corrected chi connectivity index (χ3v) is 5.48. The van der Waals surface area contributed by atoms with E-state index < -0.39 is 0 Å². The van der Waals surface area contributed by atoms with E-state index in [0.29, 0.717) is 17.6 Å². The molecule has 2 aliphatic rings. The van der Waals surface area contributed by atoms with Gasteiger partial charge in [0.05, 0.1) is 22.9 Å². The summed E-state index contributed by atoms with van der Waals surface area (Å²) >= 11 is 1.59. The van der Waals surface area contributed by atoms with E-state index in [0.717, 1.165) is 43.7 Å². The van der Waals surface area contributed by atoms with Gasteiger partial charge in [0.1, 0.15) is 0 Å². The number of carbonyl (C=O) groups excluding carboxylic acids is 1. The molecule has 122 valence electrons. The van der Waals surface area contributed by atoms with Crippen LogP contribution < -0.4 is 4.90 Å². The van der Waals surface area contributed by atoms with Crippen LogP contribution in [0.1, 0.15) is 43.3 Å². The number of carbonyl (C=O) groups is 1. The Kier molecular flexibility index (Phi) is 3.84. The molecule has 0 radical (unpaired) electrons. The normalized spacial score (nSPS) is 21.9. The Balaban J connectivity index is 1.38. The van der Waals surface area contributed by atoms with Crippen LogP contribution in [0.3, 0.4) is 0 Å². The first-order chi connectivity index (χ1) is 11.2. The van der Waals surface area contributed by atoms with Crippen LogP contribution >= 0.6 is 11.8 Å². The Hall–Kier alpha value is -1.83. The Morgan fingerprint density at radius 1 is 1.39 bits per heavy atom. The first-order valence-corrected chi connectivity index (χ1v) is 8.99. The second-order valence-corrected chi connectivity index (χ2v) is 7.32. The zero-order valence-electron chi connectivity index (χ0n) is 13.0. The molecule has 0 N–H and O–H groups in total. The summed E-state index contributed by atoms with van der Waals surface area (Å²) in [6, 6.07) is 0. The molecule has 2 fully saturated rings. The van der Waals surface area contributed by atoms with Crippen molar-refractivity contribution in [2.45, 2.75) is 42.6 Å². The second-order valence-electron chi connectivity index (χ2n) is 6.12. The van der Waals surface area contributed by atoms with Crippen LogP contribution in [-0.2, 0) is 17.6 Å². The molecular weight excluding hydrogens is 314 g/mol. The molecule has 1 atom stereocenters. The van der Waals surface area contributed by atoms with Crippen molar-refractivity contribution in [3.63, 3.8) is 0 Å². The van der Waals surface area contributed by atoms with E-state index in [1.54, 1.807) is 22.6 Å². The molecule has 0 unspecified atom stereocenters. The molecule has 2 aromatic rings. The molecule has 0 bridgehead atoms. The highest BCUT2D eigenvalue weighted by Gasteiger charge is 2.32. The largest absolute Gasteiger partial charge is 0.338 e. The van der Waals surface area contributed by atoms with Gasteiger partial charge in [-0.2, -0.15) is 10.1 Å². The van der Waals surface area contributed by atoms with Gasteiger partial charge in [0.15, 0.2) is 5.82 Å². The standard InChI is InChI=1S/C15H19N5O2S/c1-19-8-11(7-16-19)20-6-2-3-12(15(20)21)23-9-13-17-14(18-22-13)10-4-5-10/h7-8,10,12H,2-6,9H2,1H3/t12-/m0/s1. The Bertz CT molecular complexity index is 708. The number of rotatable bonds is 5. The summed E-state index contributed by atoms with van der Waals surface area (Å²) in [5.74, 6) is 2.69. The van der Waals surface area contributed by atoms with E-state index in [2.05, 4.69) is 15.2 Å². The predicted molar refractivity (Wildman–Crippen MR) is 86.2 cm³/mol. The summed E-state index contributed by atoms with van der Waals surface area (Å²) in [6.45, 7) is 0.758. The molecule has 0 spiro atoms. The van der Waals surface area contributed by atoms with Crippen molar-refractivity contribution in [3.8, 4) is 0 Å². The van der Waals surface area contributed by atoms with Crippen LogP contribution in [0.4, 0.5) is 5.69 Å². The number of aryl methyl sites for hydroxylation is 1. The van der Waals surface area contributed by atoms with Crippen molar-refractivity contribution < 1.29 is 9.32 Å². The molecular formula is C15H19N5O2S. The molecule has 3 heterocycles. The number of hydrogen-bond donors (Lipinski definition) is 0. The minimum absolute atomic E-state index is 0.0553. The van der Waals surface area contributed by atoms with Crippen molar-refractivity contribution in [2.75, 3.05) is 11.4 Å². The van der Waals surface area contributed by atoms with E-state index in [4.69, 9.17) is 4.52 Å². The fraction of sp³-hybridized carbons (Fsp3) is 0.600. The molecule has 0 aromatic carbocycles. The van der Waals surface area contributed by atoms with Gasteiger partial charge >= 0.3 is 0 Å². The third kappa shape index (κ3) is 3.12. The fourth-order valence-corrected chi connectivity index (χ4v) is 3.87. The predicted octanol–water partition coefficient (Wildman–Crippen LogP) is 2.11. The van der Waals surface area contributed by atoms with E-state index in [1.165, 1.54) is 0 Å². The van der Waals surface area contributed by atoms with Gasteiger partial charge in [-0.15, -0.1) is 11.8 Å². The Labute approximate surface area is 138 Å². The molecule has 7 nitrogen and oxygen atoms in total. The Morgan fingerprint density at radius 2 is 2.26 bits per heavy atom. The van der Waals surface area contributed by atoms with Crippen molar-refractivity contribution in [2.24, 2.45) is 7.05 Å². The van der Waals surface area contributed by atoms with Gasteiger partial charge in [0.2, 0.25) is 11.8 Å². The summed E-state index contributed by atoms with van der Waals surface area (Å²) in [6.07, 6.45) is 7.83. The molecule has 23 heavy (non-hydrogen) atoms. The molecule has 1 saturated carbocycles. The lowest BCUT2D eigenvalue weighted by Crippen LogP contribution is -2.42.